The minimum atomic E-state index is -3.54. The molecule has 0 saturated carbocycles. The molecule has 1 aliphatic rings. The number of aliphatic hydroxyl groups is 1. The van der Waals surface area contributed by atoms with E-state index in [1.807, 2.05) is 25.1 Å². The number of carbonyl (C=O) groups is 1. The fourth-order valence-corrected chi connectivity index (χ4v) is 5.48. The van der Waals surface area contributed by atoms with Crippen LogP contribution in [0.1, 0.15) is 56.0 Å². The summed E-state index contributed by atoms with van der Waals surface area (Å²) in [5, 5.41) is 10.1. The van der Waals surface area contributed by atoms with Crippen molar-refractivity contribution in [2.75, 3.05) is 44.3 Å². The van der Waals surface area contributed by atoms with Crippen LogP contribution in [0.4, 0.5) is 5.69 Å². The molecule has 0 bridgehead atoms. The lowest BCUT2D eigenvalue weighted by Gasteiger charge is -2.36. The van der Waals surface area contributed by atoms with E-state index >= 15 is 0 Å². The van der Waals surface area contributed by atoms with Crippen LogP contribution in [-0.2, 0) is 21.3 Å². The summed E-state index contributed by atoms with van der Waals surface area (Å²) in [5.41, 5.74) is 1.75. The summed E-state index contributed by atoms with van der Waals surface area (Å²) in [6.45, 7) is 8.04. The van der Waals surface area contributed by atoms with Crippen molar-refractivity contribution in [3.63, 3.8) is 0 Å². The number of sulfonamides is 1. The molecule has 0 fully saturated rings. The van der Waals surface area contributed by atoms with Gasteiger partial charge in [-0.25, -0.2) is 8.42 Å². The fraction of sp³-hybridized carbons (Fsp3) is 0.567. The monoisotopic (exact) mass is 575 g/mol. The van der Waals surface area contributed by atoms with Crippen molar-refractivity contribution in [1.29, 1.82) is 0 Å². The Hall–Kier alpha value is -2.66. The summed E-state index contributed by atoms with van der Waals surface area (Å²) in [6.07, 6.45) is 3.36. The van der Waals surface area contributed by atoms with Crippen LogP contribution in [0, 0.1) is 5.92 Å². The van der Waals surface area contributed by atoms with Crippen LogP contribution in [0.5, 0.6) is 5.75 Å². The molecule has 0 aromatic heterocycles. The van der Waals surface area contributed by atoms with Crippen molar-refractivity contribution >= 4 is 21.6 Å². The van der Waals surface area contributed by atoms with Crippen LogP contribution in [0.25, 0.3) is 0 Å². The number of carbonyl (C=O) groups excluding carboxylic acids is 1. The number of nitrogens with zero attached hydrogens (tertiary/aromatic N) is 2. The van der Waals surface area contributed by atoms with Gasteiger partial charge in [-0.05, 0) is 63.9 Å². The maximum absolute atomic E-state index is 14.1. The number of fused-ring (bicyclic) bond motifs is 1. The Bertz CT molecular complexity index is 1190. The summed E-state index contributed by atoms with van der Waals surface area (Å²) in [5.74, 6) is 0.0210. The highest BCUT2D eigenvalue weighted by Gasteiger charge is 2.30. The number of ether oxygens (including phenoxy) is 2. The first-order valence-corrected chi connectivity index (χ1v) is 15.9. The van der Waals surface area contributed by atoms with E-state index in [0.29, 0.717) is 25.4 Å². The van der Waals surface area contributed by atoms with Gasteiger partial charge in [-0.3, -0.25) is 14.4 Å². The van der Waals surface area contributed by atoms with E-state index in [1.54, 1.807) is 24.0 Å². The van der Waals surface area contributed by atoms with Gasteiger partial charge in [0.25, 0.3) is 5.91 Å². The second kappa shape index (κ2) is 14.8. The summed E-state index contributed by atoms with van der Waals surface area (Å²) in [6, 6.07) is 14.5. The van der Waals surface area contributed by atoms with Crippen molar-refractivity contribution in [3.8, 4) is 5.75 Å². The van der Waals surface area contributed by atoms with Crippen molar-refractivity contribution in [1.82, 2.24) is 9.80 Å². The van der Waals surface area contributed by atoms with E-state index in [-0.39, 0.29) is 41.9 Å². The van der Waals surface area contributed by atoms with Crippen molar-refractivity contribution in [2.45, 2.75) is 64.8 Å². The van der Waals surface area contributed by atoms with Crippen LogP contribution in [0.2, 0.25) is 0 Å². The number of nitrogens with one attached hydrogen (secondary N) is 1. The zero-order valence-corrected chi connectivity index (χ0v) is 25.2. The van der Waals surface area contributed by atoms with Crippen LogP contribution in [0.15, 0.2) is 48.5 Å². The molecule has 1 aliphatic heterocycles. The Morgan fingerprint density at radius 3 is 2.55 bits per heavy atom. The third-order valence-electron chi connectivity index (χ3n) is 7.14. The molecule has 0 spiro atoms. The average molecular weight is 576 g/mol. The number of likely N-dealkylation sites (N-methyl/N-ethyl adjacent to an activating group) is 1. The van der Waals surface area contributed by atoms with Crippen molar-refractivity contribution in [2.24, 2.45) is 5.92 Å². The number of rotatable bonds is 8. The molecule has 4 atom stereocenters. The van der Waals surface area contributed by atoms with Crippen LogP contribution >= 0.6 is 0 Å². The van der Waals surface area contributed by atoms with E-state index in [0.717, 1.165) is 32.1 Å². The highest BCUT2D eigenvalue weighted by atomic mass is 32.2. The molecule has 9 nitrogen and oxygen atoms in total. The molecule has 0 unspecified atom stereocenters. The topological polar surface area (TPSA) is 108 Å². The molecule has 222 valence electrons. The quantitative estimate of drug-likeness (QED) is 0.490. The summed E-state index contributed by atoms with van der Waals surface area (Å²) in [4.78, 5) is 17.9. The largest absolute Gasteiger partial charge is 0.490 e. The van der Waals surface area contributed by atoms with Gasteiger partial charge in [0.1, 0.15) is 5.75 Å². The van der Waals surface area contributed by atoms with Crippen LogP contribution < -0.4 is 9.46 Å². The molecule has 2 aromatic rings. The van der Waals surface area contributed by atoms with Gasteiger partial charge in [-0.15, -0.1) is 0 Å². The smallest absolute Gasteiger partial charge is 0.258 e. The lowest BCUT2D eigenvalue weighted by atomic mass is 10.0. The highest BCUT2D eigenvalue weighted by Crippen LogP contribution is 2.29. The van der Waals surface area contributed by atoms with Gasteiger partial charge in [0.15, 0.2) is 0 Å². The van der Waals surface area contributed by atoms with Gasteiger partial charge in [0, 0.05) is 37.8 Å². The SMILES string of the molecule is C[C@H](CO)N1C[C@H](C)[C@@H](CN(C)Cc2ccccc2)OCCCC[C@H](C)Oc2ccc(NS(C)(=O)=O)cc2C1=O. The van der Waals surface area contributed by atoms with Gasteiger partial charge in [-0.2, -0.15) is 0 Å². The second-order valence-corrected chi connectivity index (χ2v) is 12.8. The van der Waals surface area contributed by atoms with Gasteiger partial charge >= 0.3 is 0 Å². The first-order valence-electron chi connectivity index (χ1n) is 14.0. The molecular formula is C30H45N3O6S. The van der Waals surface area contributed by atoms with E-state index in [2.05, 4.69) is 35.7 Å². The Morgan fingerprint density at radius 1 is 1.15 bits per heavy atom. The molecule has 0 aliphatic carbocycles. The number of anilines is 1. The standard InChI is InChI=1S/C30H45N3O6S/c1-22-18-33(23(2)21-34)30(35)27-17-26(31-40(5,36)37)14-15-28(27)39-24(3)11-9-10-16-38-29(22)20-32(4)19-25-12-7-6-8-13-25/h6-8,12-15,17,22-24,29,31,34H,9-11,16,18-21H2,1-5H3/t22-,23+,24-,29+/m0/s1. The third-order valence-corrected chi connectivity index (χ3v) is 7.75. The zero-order valence-electron chi connectivity index (χ0n) is 24.4. The Balaban J connectivity index is 1.92. The minimum absolute atomic E-state index is 0.0419. The molecule has 10 heteroatoms. The summed E-state index contributed by atoms with van der Waals surface area (Å²) >= 11 is 0. The third kappa shape index (κ3) is 9.76. The molecular weight excluding hydrogens is 530 g/mol. The number of benzene rings is 2. The summed E-state index contributed by atoms with van der Waals surface area (Å²) < 4.78 is 38.8. The number of amides is 1. The minimum Gasteiger partial charge on any atom is -0.490 e. The van der Waals surface area contributed by atoms with E-state index < -0.39 is 16.1 Å². The van der Waals surface area contributed by atoms with E-state index in [1.165, 1.54) is 11.6 Å². The fourth-order valence-electron chi connectivity index (χ4n) is 4.93. The number of aliphatic hydroxyl groups excluding tert-OH is 1. The maximum atomic E-state index is 14.1. The lowest BCUT2D eigenvalue weighted by Crippen LogP contribution is -2.47. The zero-order chi connectivity index (χ0) is 29.3. The Labute approximate surface area is 239 Å². The predicted molar refractivity (Wildman–Crippen MR) is 158 cm³/mol. The van der Waals surface area contributed by atoms with Crippen molar-refractivity contribution in [3.05, 3.63) is 59.7 Å². The van der Waals surface area contributed by atoms with Gasteiger partial charge in [0.2, 0.25) is 10.0 Å². The van der Waals surface area contributed by atoms with Crippen LogP contribution in [0.3, 0.4) is 0 Å². The Kier molecular flexibility index (Phi) is 11.8. The van der Waals surface area contributed by atoms with E-state index in [9.17, 15) is 18.3 Å². The van der Waals surface area contributed by atoms with E-state index in [4.69, 9.17) is 9.47 Å². The highest BCUT2D eigenvalue weighted by molar-refractivity contribution is 7.92. The number of hydrogen-bond donors (Lipinski definition) is 2. The van der Waals surface area contributed by atoms with Gasteiger partial charge < -0.3 is 19.5 Å². The summed E-state index contributed by atoms with van der Waals surface area (Å²) in [7, 11) is -1.47. The molecule has 40 heavy (non-hydrogen) atoms. The molecule has 3 rings (SSSR count). The second-order valence-electron chi connectivity index (χ2n) is 11.1. The first kappa shape index (κ1) is 31.9. The van der Waals surface area contributed by atoms with Gasteiger partial charge in [0.05, 0.1) is 36.7 Å². The maximum Gasteiger partial charge on any atom is 0.258 e. The van der Waals surface area contributed by atoms with Crippen molar-refractivity contribution < 1.29 is 27.8 Å². The lowest BCUT2D eigenvalue weighted by molar-refractivity contribution is -0.0177. The molecule has 1 amide bonds. The molecule has 0 radical (unpaired) electrons. The average Bonchev–Trinajstić information content (AvgIpc) is 2.90. The predicted octanol–water partition coefficient (Wildman–Crippen LogP) is 3.99. The van der Waals surface area contributed by atoms with Crippen LogP contribution in [-0.4, -0.2) is 87.1 Å². The molecule has 1 heterocycles. The molecule has 2 N–H and O–H groups in total. The van der Waals surface area contributed by atoms with Gasteiger partial charge in [-0.1, -0.05) is 37.3 Å². The normalized spacial score (nSPS) is 22.2. The first-order chi connectivity index (χ1) is 19.0. The molecule has 2 aromatic carbocycles. The Morgan fingerprint density at radius 2 is 1.88 bits per heavy atom. The number of hydrogen-bond acceptors (Lipinski definition) is 7. The molecule has 0 saturated heterocycles.